The zero-order valence-electron chi connectivity index (χ0n) is 9.97. The van der Waals surface area contributed by atoms with Crippen molar-refractivity contribution in [3.05, 3.63) is 58.9 Å². The highest BCUT2D eigenvalue weighted by Crippen LogP contribution is 2.25. The molecule has 2 rings (SSSR count). The lowest BCUT2D eigenvalue weighted by molar-refractivity contribution is 0.449. The van der Waals surface area contributed by atoms with Crippen LogP contribution < -0.4 is 5.32 Å². The highest BCUT2D eigenvalue weighted by Gasteiger charge is 2.13. The normalized spacial score (nSPS) is 10.1. The summed E-state index contributed by atoms with van der Waals surface area (Å²) >= 11 is 0. The summed E-state index contributed by atoms with van der Waals surface area (Å²) in [5, 5.41) is 11.4. The second-order valence-electron chi connectivity index (χ2n) is 3.99. The topological polar surface area (TPSA) is 35.8 Å². The van der Waals surface area contributed by atoms with Crippen LogP contribution in [0.15, 0.2) is 30.3 Å². The van der Waals surface area contributed by atoms with E-state index in [1.54, 1.807) is 25.1 Å². The molecule has 0 aliphatic heterocycles. The highest BCUT2D eigenvalue weighted by molar-refractivity contribution is 5.64. The second-order valence-corrected chi connectivity index (χ2v) is 3.99. The number of benzene rings is 2. The van der Waals surface area contributed by atoms with Crippen LogP contribution in [0.25, 0.3) is 0 Å². The van der Waals surface area contributed by atoms with Crippen LogP contribution in [0.3, 0.4) is 0 Å². The van der Waals surface area contributed by atoms with Gasteiger partial charge in [0.25, 0.3) is 0 Å². The van der Waals surface area contributed by atoms with Crippen molar-refractivity contribution in [1.82, 2.24) is 0 Å². The van der Waals surface area contributed by atoms with E-state index in [0.29, 0.717) is 16.8 Å². The molecule has 0 saturated heterocycles. The molecule has 0 aliphatic carbocycles. The van der Waals surface area contributed by atoms with Gasteiger partial charge in [-0.15, -0.1) is 0 Å². The SMILES string of the molecule is Cc1cc(C#N)ccc1Nc1ccc(F)c(F)c1F. The van der Waals surface area contributed by atoms with Gasteiger partial charge in [0.1, 0.15) is 0 Å². The van der Waals surface area contributed by atoms with Gasteiger partial charge in [0, 0.05) is 5.69 Å². The van der Waals surface area contributed by atoms with Gasteiger partial charge in [-0.3, -0.25) is 0 Å². The molecule has 0 aliphatic rings. The Morgan fingerprint density at radius 2 is 1.68 bits per heavy atom. The number of anilines is 2. The average Bonchev–Trinajstić information content (AvgIpc) is 2.41. The van der Waals surface area contributed by atoms with Crippen LogP contribution in [0.5, 0.6) is 0 Å². The summed E-state index contributed by atoms with van der Waals surface area (Å²) in [5.74, 6) is -4.03. The summed E-state index contributed by atoms with van der Waals surface area (Å²) in [4.78, 5) is 0. The standard InChI is InChI=1S/C14H9F3N2/c1-8-6-9(7-18)2-4-11(8)19-12-5-3-10(15)13(16)14(12)17/h2-6,19H,1H3. The van der Waals surface area contributed by atoms with Crippen molar-refractivity contribution < 1.29 is 13.2 Å². The third kappa shape index (κ3) is 2.52. The molecule has 19 heavy (non-hydrogen) atoms. The maximum Gasteiger partial charge on any atom is 0.196 e. The Bertz CT molecular complexity index is 675. The fourth-order valence-corrected chi connectivity index (χ4v) is 1.64. The van der Waals surface area contributed by atoms with Crippen molar-refractivity contribution in [2.45, 2.75) is 6.92 Å². The Kier molecular flexibility index (Phi) is 3.43. The summed E-state index contributed by atoms with van der Waals surface area (Å²) in [6, 6.07) is 8.68. The van der Waals surface area contributed by atoms with Gasteiger partial charge in [-0.25, -0.2) is 13.2 Å². The number of hydrogen-bond acceptors (Lipinski definition) is 2. The number of rotatable bonds is 2. The van der Waals surface area contributed by atoms with E-state index >= 15 is 0 Å². The van der Waals surface area contributed by atoms with Crippen molar-refractivity contribution in [1.29, 1.82) is 5.26 Å². The molecule has 0 unspecified atom stereocenters. The van der Waals surface area contributed by atoms with Crippen molar-refractivity contribution >= 4 is 11.4 Å². The highest BCUT2D eigenvalue weighted by atomic mass is 19.2. The molecule has 0 amide bonds. The molecule has 0 aromatic heterocycles. The summed E-state index contributed by atoms with van der Waals surface area (Å²) in [6.45, 7) is 1.72. The number of nitrogens with one attached hydrogen (secondary N) is 1. The minimum atomic E-state index is -1.52. The first-order valence-corrected chi connectivity index (χ1v) is 5.44. The molecule has 1 N–H and O–H groups in total. The zero-order chi connectivity index (χ0) is 14.0. The second kappa shape index (κ2) is 5.02. The molecule has 0 heterocycles. The summed E-state index contributed by atoms with van der Waals surface area (Å²) < 4.78 is 39.4. The molecule has 0 fully saturated rings. The predicted molar refractivity (Wildman–Crippen MR) is 65.5 cm³/mol. The van der Waals surface area contributed by atoms with Crippen LogP contribution in [0.1, 0.15) is 11.1 Å². The maximum atomic E-state index is 13.5. The number of halogens is 3. The van der Waals surface area contributed by atoms with Crippen molar-refractivity contribution in [2.75, 3.05) is 5.32 Å². The third-order valence-electron chi connectivity index (χ3n) is 2.66. The van der Waals surface area contributed by atoms with Gasteiger partial charge in [0.2, 0.25) is 0 Å². The first-order valence-electron chi connectivity index (χ1n) is 5.44. The van der Waals surface area contributed by atoms with Crippen LogP contribution in [0.2, 0.25) is 0 Å². The number of nitrogens with zero attached hydrogens (tertiary/aromatic N) is 1. The van der Waals surface area contributed by atoms with Crippen LogP contribution in [-0.2, 0) is 0 Å². The molecular formula is C14H9F3N2. The van der Waals surface area contributed by atoms with Gasteiger partial charge in [-0.05, 0) is 42.8 Å². The van der Waals surface area contributed by atoms with Crippen LogP contribution in [0, 0.1) is 35.7 Å². The van der Waals surface area contributed by atoms with Crippen LogP contribution in [0.4, 0.5) is 24.5 Å². The summed E-state index contributed by atoms with van der Waals surface area (Å²) in [6.07, 6.45) is 0. The van der Waals surface area contributed by atoms with Gasteiger partial charge in [0.05, 0.1) is 17.3 Å². The molecule has 2 nitrogen and oxygen atoms in total. The molecule has 0 atom stereocenters. The Hall–Kier alpha value is -2.48. The molecule has 2 aromatic carbocycles. The predicted octanol–water partition coefficient (Wildman–Crippen LogP) is 4.03. The monoisotopic (exact) mass is 262 g/mol. The van der Waals surface area contributed by atoms with Gasteiger partial charge >= 0.3 is 0 Å². The Morgan fingerprint density at radius 1 is 1.00 bits per heavy atom. The fraction of sp³-hybridized carbons (Fsp3) is 0.0714. The van der Waals surface area contributed by atoms with E-state index in [1.807, 2.05) is 6.07 Å². The van der Waals surface area contributed by atoms with Crippen molar-refractivity contribution in [3.63, 3.8) is 0 Å². The van der Waals surface area contributed by atoms with Gasteiger partial charge in [-0.1, -0.05) is 0 Å². The van der Waals surface area contributed by atoms with Crippen molar-refractivity contribution in [2.24, 2.45) is 0 Å². The third-order valence-corrected chi connectivity index (χ3v) is 2.66. The molecule has 96 valence electrons. The van der Waals surface area contributed by atoms with E-state index in [-0.39, 0.29) is 5.69 Å². The number of aryl methyl sites for hydroxylation is 1. The van der Waals surface area contributed by atoms with E-state index in [9.17, 15) is 13.2 Å². The first-order chi connectivity index (χ1) is 9.02. The minimum Gasteiger partial charge on any atom is -0.353 e. The molecule has 0 radical (unpaired) electrons. The van der Waals surface area contributed by atoms with Gasteiger partial charge in [-0.2, -0.15) is 5.26 Å². The smallest absolute Gasteiger partial charge is 0.196 e. The molecule has 0 bridgehead atoms. The Labute approximate surface area is 108 Å². The summed E-state index contributed by atoms with van der Waals surface area (Å²) in [5.41, 5.74) is 1.52. The van der Waals surface area contributed by atoms with Crippen LogP contribution in [-0.4, -0.2) is 0 Å². The van der Waals surface area contributed by atoms with Gasteiger partial charge in [0.15, 0.2) is 17.5 Å². The van der Waals surface area contributed by atoms with Crippen LogP contribution >= 0.6 is 0 Å². The van der Waals surface area contributed by atoms with E-state index < -0.39 is 17.5 Å². The Balaban J connectivity index is 2.37. The Morgan fingerprint density at radius 3 is 2.32 bits per heavy atom. The average molecular weight is 262 g/mol. The van der Waals surface area contributed by atoms with Crippen molar-refractivity contribution in [3.8, 4) is 6.07 Å². The molecule has 2 aromatic rings. The largest absolute Gasteiger partial charge is 0.353 e. The maximum absolute atomic E-state index is 13.5. The number of nitriles is 1. The summed E-state index contributed by atoms with van der Waals surface area (Å²) in [7, 11) is 0. The fourth-order valence-electron chi connectivity index (χ4n) is 1.64. The quantitative estimate of drug-likeness (QED) is 0.829. The van der Waals surface area contributed by atoms with E-state index in [0.717, 1.165) is 12.1 Å². The first kappa shape index (κ1) is 13.0. The minimum absolute atomic E-state index is 0.160. The lowest BCUT2D eigenvalue weighted by atomic mass is 10.1. The molecule has 5 heteroatoms. The molecule has 0 spiro atoms. The van der Waals surface area contributed by atoms with Gasteiger partial charge < -0.3 is 5.32 Å². The van der Waals surface area contributed by atoms with E-state index in [4.69, 9.17) is 5.26 Å². The molecule has 0 saturated carbocycles. The van der Waals surface area contributed by atoms with E-state index in [1.165, 1.54) is 0 Å². The molecular weight excluding hydrogens is 253 g/mol. The lowest BCUT2D eigenvalue weighted by Crippen LogP contribution is -2.00. The van der Waals surface area contributed by atoms with E-state index in [2.05, 4.69) is 5.32 Å². The zero-order valence-corrected chi connectivity index (χ0v) is 9.97. The lowest BCUT2D eigenvalue weighted by Gasteiger charge is -2.11. The number of hydrogen-bond donors (Lipinski definition) is 1.